The van der Waals surface area contributed by atoms with E-state index in [1.165, 1.54) is 19.0 Å². The average Bonchev–Trinajstić information content (AvgIpc) is 0.733. The Labute approximate surface area is 744 Å². The lowest BCUT2D eigenvalue weighted by atomic mass is 9.34. The fourth-order valence-electron chi connectivity index (χ4n) is 21.1. The first kappa shape index (κ1) is 70.1. The smallest absolute Gasteiger partial charge is 0.281 e. The number of hydrogen-bond donors (Lipinski definition) is 0. The summed E-state index contributed by atoms with van der Waals surface area (Å²) in [5.74, 6) is 26.4. The largest absolute Gasteiger partial charge is 0.458 e. The standard InChI is InChI=1S/C18H9BO3.C17H8BNO3.3C16H7BN2O3.C13H4BN5O3/c1-4-10-16-11(5-1)21-13-7-3-9-15-18(13)19(16)17-12(20-10)6-2-8-14(17)22-15;1-3-9-15-11(5-1)21-13-7-19-8-14-17(13)18(15)16-10(20-9)4-2-6-12(16)22-14;1-3-8-12-10(5-1)21-15-14-16(19-7-18-15)22-11-6-2-4-9(20-8)13(11)17(12)14;2*1-2-8-14-9(3-1)21-11-5-19-7-13-16(11)17(14)15-10(20-8)4-18-6-12(15)22-13;1-2-15-9-6-5(1)20-10-7-11(17-3-16-10)22-13-8(14(6)7)12(21-9)18-4-19-13/h1-9H;1-8H;3*1-7H;1-4H. The number of nitrogens with zero attached hydrogens (tertiary/aromatic N) is 12. The average molecular weight is 1720 g/mol. The van der Waals surface area contributed by atoms with Crippen molar-refractivity contribution in [2.24, 2.45) is 0 Å². The van der Waals surface area contributed by atoms with Crippen molar-refractivity contribution >= 4 is 139 Å². The summed E-state index contributed by atoms with van der Waals surface area (Å²) >= 11 is 0. The van der Waals surface area contributed by atoms with Crippen LogP contribution < -0.4 is 184 Å². The predicted molar refractivity (Wildman–Crippen MR) is 479 cm³/mol. The summed E-state index contributed by atoms with van der Waals surface area (Å²) in [5, 5.41) is 0. The molecule has 18 aliphatic rings. The van der Waals surface area contributed by atoms with Crippen molar-refractivity contribution in [3.05, 3.63) is 257 Å². The number of benzene rings is 9. The van der Waals surface area contributed by atoms with E-state index in [2.05, 4.69) is 59.8 Å². The molecule has 36 rings (SSSR count). The van der Waals surface area contributed by atoms with Crippen molar-refractivity contribution in [3.8, 4) is 208 Å². The van der Waals surface area contributed by atoms with Gasteiger partial charge < -0.3 is 85.3 Å². The minimum atomic E-state index is -0.188. The molecule has 36 heteroatoms. The van der Waals surface area contributed by atoms with E-state index in [4.69, 9.17) is 85.3 Å². The Balaban J connectivity index is 0.0000000746. The van der Waals surface area contributed by atoms with Crippen LogP contribution in [-0.4, -0.2) is 100 Å². The van der Waals surface area contributed by atoms with E-state index in [-0.39, 0.29) is 40.3 Å². The second-order valence-corrected chi connectivity index (χ2v) is 32.9. The molecule has 0 spiro atoms. The Morgan fingerprint density at radius 1 is 0.129 bits per heavy atom. The van der Waals surface area contributed by atoms with Crippen LogP contribution in [0, 0.1) is 0 Å². The van der Waals surface area contributed by atoms with Crippen molar-refractivity contribution < 1.29 is 85.3 Å². The topological polar surface area (TPSA) is 321 Å². The van der Waals surface area contributed by atoms with Gasteiger partial charge in [-0.3, -0.25) is 24.9 Å². The van der Waals surface area contributed by atoms with Crippen LogP contribution in [0.4, 0.5) is 0 Å². The molecule has 9 aromatic carbocycles. The molecule has 30 nitrogen and oxygen atoms in total. The van der Waals surface area contributed by atoms with Crippen LogP contribution in [0.25, 0.3) is 0 Å². The molecule has 0 radical (unpaired) electrons. The zero-order valence-electron chi connectivity index (χ0n) is 67.4. The Morgan fingerprint density at radius 3 is 0.485 bits per heavy atom. The van der Waals surface area contributed by atoms with Crippen LogP contribution in [0.15, 0.2) is 257 Å². The van der Waals surface area contributed by atoms with E-state index >= 15 is 0 Å². The predicted octanol–water partition coefficient (Wildman–Crippen LogP) is 7.86. The third kappa shape index (κ3) is 9.64. The molecule has 18 aliphatic heterocycles. The second kappa shape index (κ2) is 25.8. The van der Waals surface area contributed by atoms with E-state index in [1.807, 2.05) is 164 Å². The van der Waals surface area contributed by atoms with Crippen LogP contribution >= 0.6 is 0 Å². The Bertz CT molecular complexity index is 6050. The van der Waals surface area contributed by atoms with Crippen LogP contribution in [0.5, 0.6) is 208 Å². The maximum Gasteiger partial charge on any atom is 0.281 e. The van der Waals surface area contributed by atoms with Crippen LogP contribution in [-0.2, 0) is 0 Å². The van der Waals surface area contributed by atoms with Gasteiger partial charge in [-0.15, -0.1) is 0 Å². The molecule has 0 unspecified atom stereocenters. The van der Waals surface area contributed by atoms with Gasteiger partial charge in [-0.2, -0.15) is 0 Å². The first-order valence-electron chi connectivity index (χ1n) is 42.2. The summed E-state index contributed by atoms with van der Waals surface area (Å²) in [5.41, 5.74) is 17.9. The molecular weight excluding hydrogens is 1670 g/mol. The molecule has 0 amide bonds. The number of pyridine rings is 6. The second-order valence-electron chi connectivity index (χ2n) is 32.9. The van der Waals surface area contributed by atoms with Gasteiger partial charge in [0.2, 0.25) is 41.2 Å². The zero-order valence-corrected chi connectivity index (χ0v) is 67.4. The highest BCUT2D eigenvalue weighted by Gasteiger charge is 2.55. The maximum absolute atomic E-state index is 6.09. The van der Waals surface area contributed by atoms with Crippen LogP contribution in [0.3, 0.4) is 0 Å². The molecule has 0 N–H and O–H groups in total. The third-order valence-electron chi connectivity index (χ3n) is 26.2. The van der Waals surface area contributed by atoms with Gasteiger partial charge in [0.05, 0.1) is 78.4 Å². The molecule has 0 bridgehead atoms. The minimum Gasteiger partial charge on any atom is -0.458 e. The van der Waals surface area contributed by atoms with Crippen molar-refractivity contribution in [2.45, 2.75) is 0 Å². The van der Waals surface area contributed by atoms with Gasteiger partial charge in [0.1, 0.15) is 186 Å². The number of ether oxygens (including phenoxy) is 18. The summed E-state index contributed by atoms with van der Waals surface area (Å²) < 4.78 is 108. The van der Waals surface area contributed by atoms with Gasteiger partial charge in [0.25, 0.3) is 40.3 Å². The fraction of sp³-hybridized carbons (Fsp3) is 0. The molecule has 27 heterocycles. The number of hydrogen-bond acceptors (Lipinski definition) is 30. The van der Waals surface area contributed by atoms with Crippen molar-refractivity contribution in [2.75, 3.05) is 0 Å². The maximum atomic E-state index is 6.09. The van der Waals surface area contributed by atoms with Gasteiger partial charge in [0.15, 0.2) is 0 Å². The summed E-state index contributed by atoms with van der Waals surface area (Å²) in [6.07, 6.45) is 23.2. The van der Waals surface area contributed by atoms with Crippen molar-refractivity contribution in [1.29, 1.82) is 0 Å². The summed E-state index contributed by atoms with van der Waals surface area (Å²) in [4.78, 5) is 50.8. The SMILES string of the molecule is c1cc2c3c(c1)Oc1cccc4c1B3c1c(cccc1O4)O2.c1cc2c3c(c1)Oc1cncc4c1B3c1c(cccc1O4)O2.c1cc2c3c(c1)Oc1cncc4c1B3c1c(cncc1O4)O2.c1cc2c3c(c1)Oc1cncc4c1B3c1c(cncc1O4)O2.c1cc2c3c(c1)Oc1ncnc4c1B3c1c(cccc1O4)O2.c1cc2c3c(n1)Oc1ncnc4c1B3c1c(ncnc1O4)O2. The van der Waals surface area contributed by atoms with Gasteiger partial charge in [0, 0.05) is 88.1 Å². The Morgan fingerprint density at radius 2 is 0.273 bits per heavy atom. The van der Waals surface area contributed by atoms with E-state index in [0.717, 1.165) is 259 Å². The van der Waals surface area contributed by atoms with Crippen molar-refractivity contribution in [1.82, 2.24) is 59.8 Å². The molecule has 9 aromatic heterocycles. The molecular formula is C96H42B6N12O18. The van der Waals surface area contributed by atoms with E-state index in [9.17, 15) is 0 Å². The van der Waals surface area contributed by atoms with Crippen LogP contribution in [0.2, 0.25) is 0 Å². The van der Waals surface area contributed by atoms with Crippen LogP contribution in [0.1, 0.15) is 0 Å². The highest BCUT2D eigenvalue weighted by Crippen LogP contribution is 2.49. The Kier molecular flexibility index (Phi) is 13.7. The minimum absolute atomic E-state index is 0.000139. The molecule has 0 saturated heterocycles. The van der Waals surface area contributed by atoms with Gasteiger partial charge in [-0.05, 0) is 115 Å². The van der Waals surface area contributed by atoms with Gasteiger partial charge >= 0.3 is 0 Å². The molecule has 0 aliphatic carbocycles. The zero-order chi connectivity index (χ0) is 85.6. The summed E-state index contributed by atoms with van der Waals surface area (Å²) in [6.45, 7) is 0.112. The van der Waals surface area contributed by atoms with E-state index < -0.39 is 0 Å². The lowest BCUT2D eigenvalue weighted by Gasteiger charge is -2.37. The highest BCUT2D eigenvalue weighted by molar-refractivity contribution is 7.03. The van der Waals surface area contributed by atoms with E-state index in [1.54, 1.807) is 74.2 Å². The molecule has 0 fully saturated rings. The monoisotopic (exact) mass is 1720 g/mol. The molecule has 612 valence electrons. The fourth-order valence-corrected chi connectivity index (χ4v) is 21.1. The summed E-state index contributed by atoms with van der Waals surface area (Å²) in [7, 11) is 0. The molecule has 132 heavy (non-hydrogen) atoms. The highest BCUT2D eigenvalue weighted by atomic mass is 16.6. The number of rotatable bonds is 0. The van der Waals surface area contributed by atoms with Crippen molar-refractivity contribution in [3.63, 3.8) is 0 Å². The van der Waals surface area contributed by atoms with Gasteiger partial charge in [-0.1, -0.05) is 54.6 Å². The normalized spacial score (nSPS) is 14.5. The first-order valence-corrected chi connectivity index (χ1v) is 42.2. The van der Waals surface area contributed by atoms with E-state index in [0.29, 0.717) is 46.9 Å². The van der Waals surface area contributed by atoms with Gasteiger partial charge in [-0.25, -0.2) is 34.9 Å². The molecule has 0 saturated carbocycles. The lowest BCUT2D eigenvalue weighted by Crippen LogP contribution is -2.60. The Hall–Kier alpha value is -18.1. The third-order valence-corrected chi connectivity index (χ3v) is 26.2. The number of aromatic nitrogens is 12. The lowest BCUT2D eigenvalue weighted by molar-refractivity contribution is 0.402. The molecule has 18 aromatic rings. The first-order chi connectivity index (χ1) is 65.4. The quantitative estimate of drug-likeness (QED) is 0.130. The molecule has 0 atom stereocenters. The summed E-state index contributed by atoms with van der Waals surface area (Å²) in [6, 6.07) is 54.9.